The Morgan fingerprint density at radius 3 is 2.95 bits per heavy atom. The third-order valence-corrected chi connectivity index (χ3v) is 3.34. The summed E-state index contributed by atoms with van der Waals surface area (Å²) in [5, 5.41) is 15.1. The average Bonchev–Trinajstić information content (AvgIpc) is 3.27. The Morgan fingerprint density at radius 1 is 1.47 bits per heavy atom. The molecule has 1 fully saturated rings. The van der Waals surface area contributed by atoms with E-state index in [0.717, 1.165) is 24.9 Å². The molecule has 0 spiro atoms. The van der Waals surface area contributed by atoms with Gasteiger partial charge in [0.15, 0.2) is 0 Å². The monoisotopic (exact) mass is 257 g/mol. The van der Waals surface area contributed by atoms with E-state index in [1.807, 2.05) is 18.2 Å². The highest BCUT2D eigenvalue weighted by Gasteiger charge is 2.28. The first-order valence-corrected chi connectivity index (χ1v) is 6.72. The van der Waals surface area contributed by atoms with Gasteiger partial charge in [-0.2, -0.15) is 5.26 Å². The van der Waals surface area contributed by atoms with Crippen molar-refractivity contribution in [2.75, 3.05) is 13.1 Å². The molecular formula is C15H19N3O. The molecule has 0 bridgehead atoms. The number of amides is 1. The van der Waals surface area contributed by atoms with Crippen LogP contribution in [0.1, 0.15) is 36.9 Å². The van der Waals surface area contributed by atoms with Crippen LogP contribution in [0.3, 0.4) is 0 Å². The number of rotatable bonds is 6. The summed E-state index contributed by atoms with van der Waals surface area (Å²) < 4.78 is 0. The van der Waals surface area contributed by atoms with Crippen molar-refractivity contribution in [1.82, 2.24) is 10.6 Å². The topological polar surface area (TPSA) is 64.9 Å². The summed E-state index contributed by atoms with van der Waals surface area (Å²) >= 11 is 0. The van der Waals surface area contributed by atoms with Crippen LogP contribution in [-0.2, 0) is 4.79 Å². The van der Waals surface area contributed by atoms with Gasteiger partial charge in [-0.1, -0.05) is 12.1 Å². The predicted octanol–water partition coefficient (Wildman–Crippen LogP) is 1.74. The van der Waals surface area contributed by atoms with E-state index in [2.05, 4.69) is 23.6 Å². The molecule has 19 heavy (non-hydrogen) atoms. The number of nitriles is 1. The van der Waals surface area contributed by atoms with Gasteiger partial charge in [-0.25, -0.2) is 0 Å². The number of carbonyl (C=O) groups excluding carboxylic acids is 1. The number of nitrogens with zero attached hydrogens (tertiary/aromatic N) is 1. The van der Waals surface area contributed by atoms with Crippen LogP contribution in [0.25, 0.3) is 0 Å². The third kappa shape index (κ3) is 4.08. The molecular weight excluding hydrogens is 238 g/mol. The number of hydrogen-bond acceptors (Lipinski definition) is 3. The normalized spacial score (nSPS) is 15.6. The summed E-state index contributed by atoms with van der Waals surface area (Å²) in [5.74, 6) is 0.450. The SMILES string of the molecule is CC(NCCNC(=O)C1CC1)c1cccc(C#N)c1. The standard InChI is InChI=1S/C15H19N3O/c1-11(14-4-2-3-12(9-14)10-16)17-7-8-18-15(19)13-5-6-13/h2-4,9,11,13,17H,5-8H2,1H3,(H,18,19). The molecule has 0 saturated heterocycles. The fourth-order valence-electron chi connectivity index (χ4n) is 1.96. The van der Waals surface area contributed by atoms with Crippen LogP contribution in [0.15, 0.2) is 24.3 Å². The van der Waals surface area contributed by atoms with Crippen molar-refractivity contribution in [3.63, 3.8) is 0 Å². The summed E-state index contributed by atoms with van der Waals surface area (Å²) in [4.78, 5) is 11.4. The van der Waals surface area contributed by atoms with E-state index in [9.17, 15) is 4.79 Å². The average molecular weight is 257 g/mol. The van der Waals surface area contributed by atoms with E-state index in [-0.39, 0.29) is 17.9 Å². The first-order valence-electron chi connectivity index (χ1n) is 6.72. The van der Waals surface area contributed by atoms with Crippen molar-refractivity contribution < 1.29 is 4.79 Å². The minimum absolute atomic E-state index is 0.172. The third-order valence-electron chi connectivity index (χ3n) is 3.34. The minimum Gasteiger partial charge on any atom is -0.355 e. The Bertz CT molecular complexity index is 488. The zero-order valence-corrected chi connectivity index (χ0v) is 11.1. The molecule has 1 aromatic rings. The van der Waals surface area contributed by atoms with Gasteiger partial charge < -0.3 is 10.6 Å². The highest BCUT2D eigenvalue weighted by molar-refractivity contribution is 5.80. The molecule has 1 unspecified atom stereocenters. The molecule has 100 valence electrons. The summed E-state index contributed by atoms with van der Waals surface area (Å²) in [6.07, 6.45) is 2.08. The van der Waals surface area contributed by atoms with E-state index in [4.69, 9.17) is 5.26 Å². The minimum atomic E-state index is 0.172. The zero-order chi connectivity index (χ0) is 13.7. The van der Waals surface area contributed by atoms with Gasteiger partial charge in [-0.05, 0) is 37.5 Å². The second kappa shape index (κ2) is 6.35. The van der Waals surface area contributed by atoms with Gasteiger partial charge in [-0.3, -0.25) is 4.79 Å². The van der Waals surface area contributed by atoms with Crippen LogP contribution in [-0.4, -0.2) is 19.0 Å². The van der Waals surface area contributed by atoms with E-state index >= 15 is 0 Å². The van der Waals surface area contributed by atoms with Crippen molar-refractivity contribution in [3.8, 4) is 6.07 Å². The lowest BCUT2D eigenvalue weighted by Gasteiger charge is -2.14. The Balaban J connectivity index is 1.72. The molecule has 1 aliphatic rings. The van der Waals surface area contributed by atoms with Gasteiger partial charge in [0.1, 0.15) is 0 Å². The van der Waals surface area contributed by atoms with Crippen LogP contribution in [0.2, 0.25) is 0 Å². The first kappa shape index (κ1) is 13.6. The van der Waals surface area contributed by atoms with E-state index in [1.165, 1.54) is 0 Å². The molecule has 0 radical (unpaired) electrons. The predicted molar refractivity (Wildman–Crippen MR) is 73.3 cm³/mol. The van der Waals surface area contributed by atoms with Crippen LogP contribution in [0.5, 0.6) is 0 Å². The zero-order valence-electron chi connectivity index (χ0n) is 11.1. The Labute approximate surface area is 113 Å². The fourth-order valence-corrected chi connectivity index (χ4v) is 1.96. The lowest BCUT2D eigenvalue weighted by atomic mass is 10.1. The number of nitrogens with one attached hydrogen (secondary N) is 2. The molecule has 1 amide bonds. The maximum atomic E-state index is 11.4. The summed E-state index contributed by atoms with van der Waals surface area (Å²) in [6, 6.07) is 9.89. The van der Waals surface area contributed by atoms with E-state index < -0.39 is 0 Å². The van der Waals surface area contributed by atoms with Crippen LogP contribution < -0.4 is 10.6 Å². The molecule has 1 saturated carbocycles. The van der Waals surface area contributed by atoms with Crippen molar-refractivity contribution in [1.29, 1.82) is 5.26 Å². The Kier molecular flexibility index (Phi) is 4.53. The van der Waals surface area contributed by atoms with Crippen molar-refractivity contribution in [2.24, 2.45) is 5.92 Å². The molecule has 0 heterocycles. The van der Waals surface area contributed by atoms with Gasteiger partial charge in [0, 0.05) is 25.0 Å². The maximum absolute atomic E-state index is 11.4. The lowest BCUT2D eigenvalue weighted by molar-refractivity contribution is -0.122. The van der Waals surface area contributed by atoms with Crippen LogP contribution >= 0.6 is 0 Å². The molecule has 0 aromatic heterocycles. The number of benzene rings is 1. The Morgan fingerprint density at radius 2 is 2.26 bits per heavy atom. The van der Waals surface area contributed by atoms with E-state index in [1.54, 1.807) is 6.07 Å². The van der Waals surface area contributed by atoms with Gasteiger partial charge in [0.2, 0.25) is 5.91 Å². The molecule has 1 aromatic carbocycles. The van der Waals surface area contributed by atoms with Crippen molar-refractivity contribution >= 4 is 5.91 Å². The molecule has 4 nitrogen and oxygen atoms in total. The van der Waals surface area contributed by atoms with Crippen molar-refractivity contribution in [3.05, 3.63) is 35.4 Å². The maximum Gasteiger partial charge on any atom is 0.223 e. The van der Waals surface area contributed by atoms with Crippen molar-refractivity contribution in [2.45, 2.75) is 25.8 Å². The second-order valence-electron chi connectivity index (χ2n) is 4.98. The van der Waals surface area contributed by atoms with Gasteiger partial charge in [0.25, 0.3) is 0 Å². The summed E-state index contributed by atoms with van der Waals surface area (Å²) in [7, 11) is 0. The number of hydrogen-bond donors (Lipinski definition) is 2. The summed E-state index contributed by atoms with van der Waals surface area (Å²) in [6.45, 7) is 3.44. The smallest absolute Gasteiger partial charge is 0.223 e. The summed E-state index contributed by atoms with van der Waals surface area (Å²) in [5.41, 5.74) is 1.76. The second-order valence-corrected chi connectivity index (χ2v) is 4.98. The highest BCUT2D eigenvalue weighted by Crippen LogP contribution is 2.28. The molecule has 0 aliphatic heterocycles. The largest absolute Gasteiger partial charge is 0.355 e. The highest BCUT2D eigenvalue weighted by atomic mass is 16.2. The first-order chi connectivity index (χ1) is 9.20. The van der Waals surface area contributed by atoms with Crippen LogP contribution in [0, 0.1) is 17.2 Å². The molecule has 1 atom stereocenters. The Hall–Kier alpha value is -1.86. The van der Waals surface area contributed by atoms with Gasteiger partial charge in [-0.15, -0.1) is 0 Å². The molecule has 1 aliphatic carbocycles. The van der Waals surface area contributed by atoms with Gasteiger partial charge >= 0.3 is 0 Å². The molecule has 4 heteroatoms. The molecule has 2 N–H and O–H groups in total. The molecule has 2 rings (SSSR count). The van der Waals surface area contributed by atoms with Gasteiger partial charge in [0.05, 0.1) is 11.6 Å². The van der Waals surface area contributed by atoms with E-state index in [0.29, 0.717) is 12.1 Å². The fraction of sp³-hybridized carbons (Fsp3) is 0.467. The number of carbonyl (C=O) groups is 1. The quantitative estimate of drug-likeness (QED) is 0.763. The van der Waals surface area contributed by atoms with Crippen LogP contribution in [0.4, 0.5) is 0 Å². The lowest BCUT2D eigenvalue weighted by Crippen LogP contribution is -2.33.